The summed E-state index contributed by atoms with van der Waals surface area (Å²) in [4.78, 5) is 13.1. The summed E-state index contributed by atoms with van der Waals surface area (Å²) in [7, 11) is 0. The number of rotatable bonds is 2. The summed E-state index contributed by atoms with van der Waals surface area (Å²) in [5.41, 5.74) is 2.48. The molecule has 2 aromatic rings. The maximum atomic E-state index is 9.69. The second-order valence-corrected chi connectivity index (χ2v) is 4.38. The van der Waals surface area contributed by atoms with Crippen LogP contribution in [0.5, 0.6) is 5.88 Å². The summed E-state index contributed by atoms with van der Waals surface area (Å²) < 4.78 is 0. The van der Waals surface area contributed by atoms with Crippen molar-refractivity contribution in [1.82, 2.24) is 15.0 Å². The summed E-state index contributed by atoms with van der Waals surface area (Å²) in [6.07, 6.45) is 3.36. The lowest BCUT2D eigenvalue weighted by atomic mass is 10.1. The molecule has 2 rings (SSSR count). The van der Waals surface area contributed by atoms with Gasteiger partial charge in [-0.3, -0.25) is 4.98 Å². The van der Waals surface area contributed by atoms with Gasteiger partial charge in [0.2, 0.25) is 5.88 Å². The maximum absolute atomic E-state index is 9.69. The minimum absolute atomic E-state index is 0.0587. The normalized spacial score (nSPS) is 10.9. The first-order valence-corrected chi connectivity index (χ1v) is 5.51. The van der Waals surface area contributed by atoms with Gasteiger partial charge in [-0.1, -0.05) is 13.8 Å². The first-order valence-electron chi connectivity index (χ1n) is 4.63. The molecule has 2 heterocycles. The first kappa shape index (κ1) is 10.0. The smallest absolute Gasteiger partial charge is 0.217 e. The third-order valence-electron chi connectivity index (χ3n) is 2.07. The summed E-state index contributed by atoms with van der Waals surface area (Å²) >= 11 is 1.45. The van der Waals surface area contributed by atoms with Crippen molar-refractivity contribution < 1.29 is 5.11 Å². The van der Waals surface area contributed by atoms with E-state index in [1.54, 1.807) is 17.9 Å². The Hall–Kier alpha value is -1.49. The average Bonchev–Trinajstić information content (AvgIpc) is 2.69. The third-order valence-corrected chi connectivity index (χ3v) is 2.84. The molecule has 0 radical (unpaired) electrons. The second kappa shape index (κ2) is 3.94. The van der Waals surface area contributed by atoms with Gasteiger partial charge in [0.15, 0.2) is 5.82 Å². The number of hydrogen-bond acceptors (Lipinski definition) is 5. The van der Waals surface area contributed by atoms with E-state index in [1.807, 2.05) is 13.8 Å². The van der Waals surface area contributed by atoms with Gasteiger partial charge in [0, 0.05) is 18.0 Å². The quantitative estimate of drug-likeness (QED) is 0.846. The largest absolute Gasteiger partial charge is 0.493 e. The van der Waals surface area contributed by atoms with E-state index >= 15 is 0 Å². The highest BCUT2D eigenvalue weighted by Crippen LogP contribution is 2.26. The van der Waals surface area contributed by atoms with Gasteiger partial charge in [-0.15, -0.1) is 11.3 Å². The Balaban J connectivity index is 2.42. The minimum atomic E-state index is 0.0587. The van der Waals surface area contributed by atoms with Gasteiger partial charge < -0.3 is 5.11 Å². The van der Waals surface area contributed by atoms with Gasteiger partial charge in [-0.25, -0.2) is 4.98 Å². The van der Waals surface area contributed by atoms with Crippen LogP contribution < -0.4 is 0 Å². The van der Waals surface area contributed by atoms with Crippen LogP contribution in [0.15, 0.2) is 17.9 Å². The van der Waals surface area contributed by atoms with Crippen LogP contribution in [-0.4, -0.2) is 20.1 Å². The van der Waals surface area contributed by atoms with E-state index in [2.05, 4.69) is 15.0 Å². The van der Waals surface area contributed by atoms with Gasteiger partial charge in [-0.2, -0.15) is 4.98 Å². The van der Waals surface area contributed by atoms with Crippen LogP contribution in [0.3, 0.4) is 0 Å². The molecule has 78 valence electrons. The number of nitrogens with zero attached hydrogens (tertiary/aromatic N) is 3. The zero-order valence-electron chi connectivity index (χ0n) is 8.51. The summed E-state index contributed by atoms with van der Waals surface area (Å²) in [5, 5.41) is 9.69. The van der Waals surface area contributed by atoms with Crippen LogP contribution in [0.1, 0.15) is 25.3 Å². The zero-order valence-corrected chi connectivity index (χ0v) is 9.32. The molecule has 0 aliphatic carbocycles. The summed E-state index contributed by atoms with van der Waals surface area (Å²) in [5.74, 6) is 0.809. The maximum Gasteiger partial charge on any atom is 0.217 e. The van der Waals surface area contributed by atoms with E-state index in [1.165, 1.54) is 11.3 Å². The molecule has 0 saturated heterocycles. The SMILES string of the molecule is CC(C)c1cnc(-c2cncs2)nc1O. The van der Waals surface area contributed by atoms with Crippen molar-refractivity contribution >= 4 is 11.3 Å². The molecular formula is C10H11N3OS. The van der Waals surface area contributed by atoms with Crippen LogP contribution in [0.2, 0.25) is 0 Å². The molecule has 4 nitrogen and oxygen atoms in total. The molecule has 0 unspecified atom stereocenters. The van der Waals surface area contributed by atoms with Crippen molar-refractivity contribution in [2.45, 2.75) is 19.8 Å². The molecule has 0 aromatic carbocycles. The Morgan fingerprint density at radius 3 is 2.67 bits per heavy atom. The molecule has 0 atom stereocenters. The van der Waals surface area contributed by atoms with Crippen molar-refractivity contribution in [1.29, 1.82) is 0 Å². The fourth-order valence-electron chi connectivity index (χ4n) is 1.23. The van der Waals surface area contributed by atoms with E-state index in [0.29, 0.717) is 5.82 Å². The Morgan fingerprint density at radius 2 is 2.13 bits per heavy atom. The third kappa shape index (κ3) is 1.97. The molecule has 0 amide bonds. The van der Waals surface area contributed by atoms with Gasteiger partial charge in [0.25, 0.3) is 0 Å². The van der Waals surface area contributed by atoms with Crippen LogP contribution in [-0.2, 0) is 0 Å². The van der Waals surface area contributed by atoms with E-state index in [-0.39, 0.29) is 11.8 Å². The van der Waals surface area contributed by atoms with Gasteiger partial charge in [0.05, 0.1) is 10.4 Å². The minimum Gasteiger partial charge on any atom is -0.493 e. The number of hydrogen-bond donors (Lipinski definition) is 1. The lowest BCUT2D eigenvalue weighted by Gasteiger charge is -2.06. The highest BCUT2D eigenvalue weighted by Gasteiger charge is 2.10. The highest BCUT2D eigenvalue weighted by molar-refractivity contribution is 7.13. The summed E-state index contributed by atoms with van der Waals surface area (Å²) in [6.45, 7) is 3.98. The Morgan fingerprint density at radius 1 is 1.33 bits per heavy atom. The van der Waals surface area contributed by atoms with Crippen LogP contribution in [0.25, 0.3) is 10.7 Å². The van der Waals surface area contributed by atoms with Crippen molar-refractivity contribution in [2.75, 3.05) is 0 Å². The molecule has 5 heteroatoms. The topological polar surface area (TPSA) is 58.9 Å². The van der Waals surface area contributed by atoms with Gasteiger partial charge in [-0.05, 0) is 5.92 Å². The van der Waals surface area contributed by atoms with Crippen molar-refractivity contribution in [2.24, 2.45) is 0 Å². The Kier molecular flexibility index (Phi) is 2.64. The van der Waals surface area contributed by atoms with Crippen molar-refractivity contribution in [3.63, 3.8) is 0 Å². The predicted molar refractivity (Wildman–Crippen MR) is 58.9 cm³/mol. The molecule has 15 heavy (non-hydrogen) atoms. The molecule has 0 saturated carbocycles. The Labute approximate surface area is 91.7 Å². The fraction of sp³-hybridized carbons (Fsp3) is 0.300. The second-order valence-electron chi connectivity index (χ2n) is 3.49. The fourth-order valence-corrected chi connectivity index (χ4v) is 1.80. The first-order chi connectivity index (χ1) is 7.18. The van der Waals surface area contributed by atoms with E-state index in [9.17, 15) is 5.11 Å². The average molecular weight is 221 g/mol. The van der Waals surface area contributed by atoms with Gasteiger partial charge in [0.1, 0.15) is 0 Å². The van der Waals surface area contributed by atoms with Crippen LogP contribution >= 0.6 is 11.3 Å². The predicted octanol–water partition coefficient (Wildman–Crippen LogP) is 2.43. The molecule has 0 spiro atoms. The van der Waals surface area contributed by atoms with E-state index in [4.69, 9.17) is 0 Å². The Bertz CT molecular complexity index is 454. The van der Waals surface area contributed by atoms with E-state index in [0.717, 1.165) is 10.4 Å². The molecule has 2 aromatic heterocycles. The zero-order chi connectivity index (χ0) is 10.8. The molecule has 1 N–H and O–H groups in total. The van der Waals surface area contributed by atoms with Crippen molar-refractivity contribution in [3.05, 3.63) is 23.5 Å². The van der Waals surface area contributed by atoms with Gasteiger partial charge >= 0.3 is 0 Å². The standard InChI is InChI=1S/C10H11N3OS/c1-6(2)7-3-12-9(13-10(7)14)8-4-11-5-15-8/h3-6H,1-2H3,(H,12,13,14). The van der Waals surface area contributed by atoms with Crippen LogP contribution in [0, 0.1) is 0 Å². The monoisotopic (exact) mass is 221 g/mol. The molecular weight excluding hydrogens is 210 g/mol. The number of thiazole rings is 1. The number of aromatic nitrogens is 3. The molecule has 0 aliphatic heterocycles. The number of aromatic hydroxyl groups is 1. The molecule has 0 fully saturated rings. The van der Waals surface area contributed by atoms with Crippen molar-refractivity contribution in [3.8, 4) is 16.6 Å². The summed E-state index contributed by atoms with van der Waals surface area (Å²) in [6, 6.07) is 0. The lowest BCUT2D eigenvalue weighted by Crippen LogP contribution is -1.94. The molecule has 0 aliphatic rings. The lowest BCUT2D eigenvalue weighted by molar-refractivity contribution is 0.442. The molecule has 0 bridgehead atoms. The highest BCUT2D eigenvalue weighted by atomic mass is 32.1. The van der Waals surface area contributed by atoms with Crippen LogP contribution in [0.4, 0.5) is 0 Å². The van der Waals surface area contributed by atoms with E-state index < -0.39 is 0 Å².